The van der Waals surface area contributed by atoms with Crippen LogP contribution in [0.5, 0.6) is 0 Å². The molecule has 3 rings (SSSR count). The standard InChI is InChI=1S/C19H23N3O4/c1-19(2,3)15-10-16(21-26-15)20-18(25)14-8-9-17(24)22(14)13-6-4-12(11-23)5-7-13/h4-7,10,14,23H,8-9,11H2,1-3H3,(H,20,21,25)/t14-/m0/s1. The average molecular weight is 357 g/mol. The Balaban J connectivity index is 1.77. The van der Waals surface area contributed by atoms with Crippen molar-refractivity contribution in [2.45, 2.75) is 51.7 Å². The van der Waals surface area contributed by atoms with Crippen LogP contribution in [-0.4, -0.2) is 28.1 Å². The van der Waals surface area contributed by atoms with E-state index in [0.29, 0.717) is 30.1 Å². The Morgan fingerprint density at radius 2 is 2.04 bits per heavy atom. The van der Waals surface area contributed by atoms with E-state index >= 15 is 0 Å². The monoisotopic (exact) mass is 357 g/mol. The van der Waals surface area contributed by atoms with Crippen LogP contribution in [0.25, 0.3) is 0 Å². The predicted octanol–water partition coefficient (Wildman–Crippen LogP) is 2.60. The number of anilines is 2. The van der Waals surface area contributed by atoms with E-state index in [9.17, 15) is 9.59 Å². The average Bonchev–Trinajstić information content (AvgIpc) is 3.21. The first-order valence-electron chi connectivity index (χ1n) is 8.59. The van der Waals surface area contributed by atoms with E-state index in [1.165, 1.54) is 4.90 Å². The van der Waals surface area contributed by atoms with E-state index in [4.69, 9.17) is 9.63 Å². The summed E-state index contributed by atoms with van der Waals surface area (Å²) in [6.07, 6.45) is 0.752. The van der Waals surface area contributed by atoms with E-state index in [0.717, 1.165) is 5.56 Å². The Kier molecular flexibility index (Phi) is 4.82. The fourth-order valence-corrected chi connectivity index (χ4v) is 2.91. The highest BCUT2D eigenvalue weighted by Crippen LogP contribution is 2.29. The topological polar surface area (TPSA) is 95.7 Å². The lowest BCUT2D eigenvalue weighted by atomic mass is 9.93. The third-order valence-electron chi connectivity index (χ3n) is 4.41. The van der Waals surface area contributed by atoms with E-state index in [2.05, 4.69) is 10.5 Å². The van der Waals surface area contributed by atoms with Gasteiger partial charge in [-0.1, -0.05) is 38.1 Å². The van der Waals surface area contributed by atoms with Gasteiger partial charge in [-0.3, -0.25) is 14.5 Å². The van der Waals surface area contributed by atoms with Crippen LogP contribution in [0.15, 0.2) is 34.9 Å². The van der Waals surface area contributed by atoms with Crippen LogP contribution < -0.4 is 10.2 Å². The summed E-state index contributed by atoms with van der Waals surface area (Å²) in [5.74, 6) is 0.620. The molecule has 0 saturated carbocycles. The van der Waals surface area contributed by atoms with Gasteiger partial charge in [0.2, 0.25) is 11.8 Å². The molecule has 138 valence electrons. The zero-order valence-corrected chi connectivity index (χ0v) is 15.2. The maximum Gasteiger partial charge on any atom is 0.248 e. The third-order valence-corrected chi connectivity index (χ3v) is 4.41. The Hall–Kier alpha value is -2.67. The first kappa shape index (κ1) is 18.1. The SMILES string of the molecule is CC(C)(C)c1cc(NC(=O)[C@@H]2CCC(=O)N2c2ccc(CO)cc2)no1. The molecule has 1 aliphatic heterocycles. The molecule has 2 amide bonds. The van der Waals surface area contributed by atoms with Gasteiger partial charge in [-0.2, -0.15) is 0 Å². The van der Waals surface area contributed by atoms with Crippen LogP contribution in [0.3, 0.4) is 0 Å². The van der Waals surface area contributed by atoms with Crippen molar-refractivity contribution in [1.82, 2.24) is 5.16 Å². The number of hydrogen-bond acceptors (Lipinski definition) is 5. The molecule has 2 aromatic rings. The van der Waals surface area contributed by atoms with Gasteiger partial charge in [-0.15, -0.1) is 0 Å². The summed E-state index contributed by atoms with van der Waals surface area (Å²) in [5, 5.41) is 15.8. The Morgan fingerprint density at radius 1 is 1.35 bits per heavy atom. The minimum atomic E-state index is -0.600. The molecule has 26 heavy (non-hydrogen) atoms. The molecular weight excluding hydrogens is 334 g/mol. The van der Waals surface area contributed by atoms with Crippen molar-refractivity contribution in [3.8, 4) is 0 Å². The van der Waals surface area contributed by atoms with Gasteiger partial charge in [0.25, 0.3) is 0 Å². The lowest BCUT2D eigenvalue weighted by Crippen LogP contribution is -2.41. The molecule has 2 N–H and O–H groups in total. The Labute approximate surface area is 152 Å². The highest BCUT2D eigenvalue weighted by Gasteiger charge is 2.37. The lowest BCUT2D eigenvalue weighted by molar-refractivity contribution is -0.120. The Morgan fingerprint density at radius 3 is 2.62 bits per heavy atom. The summed E-state index contributed by atoms with van der Waals surface area (Å²) in [4.78, 5) is 26.5. The molecule has 0 unspecified atom stereocenters. The van der Waals surface area contributed by atoms with Gasteiger partial charge in [0.05, 0.1) is 6.61 Å². The van der Waals surface area contributed by atoms with Crippen molar-refractivity contribution in [1.29, 1.82) is 0 Å². The third kappa shape index (κ3) is 3.62. The maximum absolute atomic E-state index is 12.7. The number of amides is 2. The van der Waals surface area contributed by atoms with E-state index in [1.54, 1.807) is 30.3 Å². The van der Waals surface area contributed by atoms with Crippen LogP contribution in [0, 0.1) is 0 Å². The van der Waals surface area contributed by atoms with Crippen LogP contribution in [0.4, 0.5) is 11.5 Å². The molecule has 1 fully saturated rings. The minimum Gasteiger partial charge on any atom is -0.392 e. The first-order valence-corrected chi connectivity index (χ1v) is 8.59. The van der Waals surface area contributed by atoms with E-state index in [-0.39, 0.29) is 23.8 Å². The minimum absolute atomic E-state index is 0.0690. The molecule has 7 nitrogen and oxygen atoms in total. The summed E-state index contributed by atoms with van der Waals surface area (Å²) in [7, 11) is 0. The molecule has 0 spiro atoms. The number of aliphatic hydroxyl groups excluding tert-OH is 1. The molecule has 1 aliphatic rings. The van der Waals surface area contributed by atoms with Crippen LogP contribution in [-0.2, 0) is 21.6 Å². The van der Waals surface area contributed by atoms with Gasteiger partial charge < -0.3 is 14.9 Å². The van der Waals surface area contributed by atoms with Crippen LogP contribution in [0.2, 0.25) is 0 Å². The van der Waals surface area contributed by atoms with E-state index in [1.807, 2.05) is 20.8 Å². The van der Waals surface area contributed by atoms with Crippen molar-refractivity contribution in [3.05, 3.63) is 41.7 Å². The summed E-state index contributed by atoms with van der Waals surface area (Å²) >= 11 is 0. The van der Waals surface area contributed by atoms with Crippen molar-refractivity contribution < 1.29 is 19.2 Å². The number of carbonyl (C=O) groups is 2. The summed E-state index contributed by atoms with van der Waals surface area (Å²) in [5.41, 5.74) is 1.18. The fourth-order valence-electron chi connectivity index (χ4n) is 2.91. The van der Waals surface area contributed by atoms with Gasteiger partial charge in [0.15, 0.2) is 5.82 Å². The highest BCUT2D eigenvalue weighted by molar-refractivity contribution is 6.07. The zero-order chi connectivity index (χ0) is 18.9. The number of nitrogens with one attached hydrogen (secondary N) is 1. The molecule has 2 heterocycles. The molecule has 1 atom stereocenters. The van der Waals surface area contributed by atoms with Crippen molar-refractivity contribution in [3.63, 3.8) is 0 Å². The molecular formula is C19H23N3O4. The number of hydrogen-bond donors (Lipinski definition) is 2. The number of rotatable bonds is 4. The quantitative estimate of drug-likeness (QED) is 0.877. The van der Waals surface area contributed by atoms with Gasteiger partial charge in [0, 0.05) is 23.6 Å². The molecule has 0 aliphatic carbocycles. The number of nitrogens with zero attached hydrogens (tertiary/aromatic N) is 2. The van der Waals surface area contributed by atoms with Gasteiger partial charge in [-0.05, 0) is 24.1 Å². The predicted molar refractivity (Wildman–Crippen MR) is 96.7 cm³/mol. The normalized spacial score (nSPS) is 17.6. The summed E-state index contributed by atoms with van der Waals surface area (Å²) in [6.45, 7) is 5.91. The number of carbonyl (C=O) groups excluding carboxylic acids is 2. The summed E-state index contributed by atoms with van der Waals surface area (Å²) < 4.78 is 5.28. The van der Waals surface area contributed by atoms with Crippen molar-refractivity contribution >= 4 is 23.3 Å². The van der Waals surface area contributed by atoms with Crippen LogP contribution in [0.1, 0.15) is 44.9 Å². The maximum atomic E-state index is 12.7. The Bertz CT molecular complexity index is 805. The fraction of sp³-hybridized carbons (Fsp3) is 0.421. The molecule has 0 bridgehead atoms. The summed E-state index contributed by atoms with van der Waals surface area (Å²) in [6, 6.07) is 8.06. The molecule has 0 radical (unpaired) electrons. The molecule has 7 heteroatoms. The highest BCUT2D eigenvalue weighted by atomic mass is 16.5. The van der Waals surface area contributed by atoms with Gasteiger partial charge >= 0.3 is 0 Å². The number of aliphatic hydroxyl groups is 1. The van der Waals surface area contributed by atoms with Crippen molar-refractivity contribution in [2.75, 3.05) is 10.2 Å². The van der Waals surface area contributed by atoms with Gasteiger partial charge in [-0.25, -0.2) is 0 Å². The molecule has 1 saturated heterocycles. The number of aromatic nitrogens is 1. The lowest BCUT2D eigenvalue weighted by Gasteiger charge is -2.24. The second-order valence-electron chi connectivity index (χ2n) is 7.46. The van der Waals surface area contributed by atoms with Crippen molar-refractivity contribution in [2.24, 2.45) is 0 Å². The largest absolute Gasteiger partial charge is 0.392 e. The smallest absolute Gasteiger partial charge is 0.248 e. The molecule has 1 aromatic carbocycles. The second-order valence-corrected chi connectivity index (χ2v) is 7.46. The second kappa shape index (κ2) is 6.92. The molecule has 1 aromatic heterocycles. The van der Waals surface area contributed by atoms with E-state index < -0.39 is 6.04 Å². The first-order chi connectivity index (χ1) is 12.3. The number of benzene rings is 1. The zero-order valence-electron chi connectivity index (χ0n) is 15.2. The van der Waals surface area contributed by atoms with Crippen LogP contribution >= 0.6 is 0 Å². The van der Waals surface area contributed by atoms with Gasteiger partial charge in [0.1, 0.15) is 11.8 Å².